The number of carbonyl (C=O) groups is 5. The minimum atomic E-state index is -0.946. The molecule has 442 valence electrons. The lowest BCUT2D eigenvalue weighted by Gasteiger charge is -2.35. The number of benzene rings is 3. The maximum atomic E-state index is 14.0. The first-order chi connectivity index (χ1) is 39.5. The molecule has 2 aliphatic rings. The third-order valence-electron chi connectivity index (χ3n) is 13.7. The summed E-state index contributed by atoms with van der Waals surface area (Å²) in [6.07, 6.45) is 2.74. The number of hydrogen-bond donors (Lipinski definition) is 5. The summed E-state index contributed by atoms with van der Waals surface area (Å²) >= 11 is 7.54. The second-order valence-corrected chi connectivity index (χ2v) is 22.1. The largest absolute Gasteiger partial charge is 0.491 e. The Hall–Kier alpha value is -6.70. The maximum absolute atomic E-state index is 14.0. The van der Waals surface area contributed by atoms with E-state index in [4.69, 9.17) is 35.3 Å². The van der Waals surface area contributed by atoms with Gasteiger partial charge < -0.3 is 59.9 Å². The van der Waals surface area contributed by atoms with Gasteiger partial charge in [-0.2, -0.15) is 0 Å². The van der Waals surface area contributed by atoms with Gasteiger partial charge in [0, 0.05) is 75.8 Å². The van der Waals surface area contributed by atoms with Gasteiger partial charge in [0.25, 0.3) is 0 Å². The Balaban J connectivity index is 0.695. The highest BCUT2D eigenvalue weighted by Crippen LogP contribution is 2.35. The number of amides is 5. The number of anilines is 3. The van der Waals surface area contributed by atoms with Crippen molar-refractivity contribution in [3.8, 4) is 16.2 Å². The molecule has 5 amide bonds. The Morgan fingerprint density at radius 3 is 2.21 bits per heavy atom. The first-order valence-corrected chi connectivity index (χ1v) is 28.7. The van der Waals surface area contributed by atoms with Crippen molar-refractivity contribution in [2.75, 3.05) is 109 Å². The number of aromatic nitrogens is 3. The Morgan fingerprint density at radius 1 is 0.878 bits per heavy atom. The summed E-state index contributed by atoms with van der Waals surface area (Å²) in [7, 11) is 0. The lowest BCUT2D eigenvalue weighted by molar-refractivity contribution is -0.144. The van der Waals surface area contributed by atoms with Crippen LogP contribution in [-0.2, 0) is 49.5 Å². The zero-order chi connectivity index (χ0) is 58.6. The number of aliphatic hydroxyl groups is 1. The van der Waals surface area contributed by atoms with Crippen LogP contribution < -0.4 is 26.0 Å². The van der Waals surface area contributed by atoms with Crippen molar-refractivity contribution in [1.29, 1.82) is 0 Å². The van der Waals surface area contributed by atoms with Crippen molar-refractivity contribution in [3.63, 3.8) is 0 Å². The van der Waals surface area contributed by atoms with Crippen LogP contribution in [0.15, 0.2) is 79.1 Å². The van der Waals surface area contributed by atoms with Gasteiger partial charge in [0.1, 0.15) is 35.8 Å². The van der Waals surface area contributed by atoms with Gasteiger partial charge in [-0.25, -0.2) is 19.3 Å². The monoisotopic (exact) mass is 1170 g/mol. The molecule has 21 nitrogen and oxygen atoms in total. The molecule has 2 aromatic heterocycles. The first-order valence-electron chi connectivity index (χ1n) is 27.4. The molecular formula is C58H74ClFN10O11S. The number of β-amino-alcohol motifs (C(OH)–C–C–N with tert-alkyl or cyclic N) is 1. The van der Waals surface area contributed by atoms with Crippen LogP contribution in [0, 0.1) is 18.2 Å². The number of fused-ring (bicyclic) bond motifs is 1. The molecule has 3 atom stereocenters. The number of aliphatic hydroxyl groups excluding tert-OH is 1. The zero-order valence-electron chi connectivity index (χ0n) is 46.9. The lowest BCUT2D eigenvalue weighted by atomic mass is 9.85. The Morgan fingerprint density at radius 2 is 1.56 bits per heavy atom. The van der Waals surface area contributed by atoms with E-state index >= 15 is 0 Å². The number of piperazine rings is 1. The van der Waals surface area contributed by atoms with Gasteiger partial charge in [0.2, 0.25) is 29.5 Å². The lowest BCUT2D eigenvalue weighted by Crippen LogP contribution is -2.57. The number of carbonyl (C=O) groups excluding carboxylic acids is 5. The number of rotatable bonds is 30. The van der Waals surface area contributed by atoms with E-state index in [0.29, 0.717) is 86.4 Å². The summed E-state index contributed by atoms with van der Waals surface area (Å²) in [6.45, 7) is 17.3. The predicted octanol–water partition coefficient (Wildman–Crippen LogP) is 6.29. The molecule has 3 aromatic carbocycles. The van der Waals surface area contributed by atoms with Crippen LogP contribution in [0.1, 0.15) is 57.7 Å². The summed E-state index contributed by atoms with van der Waals surface area (Å²) in [6, 6.07) is 13.7. The Kier molecular flexibility index (Phi) is 23.9. The van der Waals surface area contributed by atoms with Gasteiger partial charge in [-0.1, -0.05) is 63.2 Å². The molecule has 0 saturated carbocycles. The van der Waals surface area contributed by atoms with Crippen molar-refractivity contribution >= 4 is 80.6 Å². The molecule has 24 heteroatoms. The fraction of sp³-hybridized carbons (Fsp3) is 0.483. The topological polar surface area (TPSA) is 248 Å². The summed E-state index contributed by atoms with van der Waals surface area (Å²) < 4.78 is 42.4. The van der Waals surface area contributed by atoms with Crippen LogP contribution in [0.5, 0.6) is 5.75 Å². The van der Waals surface area contributed by atoms with Gasteiger partial charge >= 0.3 is 0 Å². The quantitative estimate of drug-likeness (QED) is 0.0250. The number of halogens is 2. The van der Waals surface area contributed by atoms with E-state index in [0.717, 1.165) is 47.4 Å². The average molecular weight is 1170 g/mol. The Bertz CT molecular complexity index is 2960. The number of aryl methyl sites for hydroxylation is 1. The SMILES string of the molecule is C=CC(=O)Nc1cc2c(Nc3ccc(F)c(Cl)c3)ncnc2cc1OCCCN1CCN(C(=O)CCOCCOCCOCCOCCC(=O)N[C@H](C(=O)N2C[C@H](O)C[C@H]2C(=O)NCc2ccc(-c3scnc3C)cc2)C(C)(C)C)CC1. The molecule has 0 bridgehead atoms. The molecule has 0 aliphatic carbocycles. The van der Waals surface area contributed by atoms with E-state index < -0.39 is 41.2 Å². The molecule has 2 saturated heterocycles. The number of likely N-dealkylation sites (tertiary alicyclic amines) is 1. The summed E-state index contributed by atoms with van der Waals surface area (Å²) in [5.74, 6) is -1.27. The van der Waals surface area contributed by atoms with Crippen LogP contribution >= 0.6 is 22.9 Å². The van der Waals surface area contributed by atoms with E-state index in [9.17, 15) is 33.5 Å². The third kappa shape index (κ3) is 18.7. The van der Waals surface area contributed by atoms with Crippen LogP contribution in [0.25, 0.3) is 21.3 Å². The molecule has 2 fully saturated rings. The van der Waals surface area contributed by atoms with E-state index in [-0.39, 0.29) is 81.5 Å². The van der Waals surface area contributed by atoms with Gasteiger partial charge in [0.05, 0.1) is 104 Å². The second-order valence-electron chi connectivity index (χ2n) is 20.9. The number of nitrogens with one attached hydrogen (secondary N) is 4. The Labute approximate surface area is 486 Å². The predicted molar refractivity (Wildman–Crippen MR) is 310 cm³/mol. The number of nitrogens with zero attached hydrogens (tertiary/aromatic N) is 6. The molecule has 7 rings (SSSR count). The minimum Gasteiger partial charge on any atom is -0.491 e. The second kappa shape index (κ2) is 31.1. The van der Waals surface area contributed by atoms with Crippen LogP contribution in [0.3, 0.4) is 0 Å². The van der Waals surface area contributed by atoms with Crippen molar-refractivity contribution in [1.82, 2.24) is 40.3 Å². The minimum absolute atomic E-state index is 0.00734. The zero-order valence-corrected chi connectivity index (χ0v) is 48.5. The molecule has 0 unspecified atom stereocenters. The van der Waals surface area contributed by atoms with Gasteiger partial charge in [-0.15, -0.1) is 11.3 Å². The summed E-state index contributed by atoms with van der Waals surface area (Å²) in [5, 5.41) is 22.8. The molecule has 2 aliphatic heterocycles. The van der Waals surface area contributed by atoms with Crippen molar-refractivity contribution in [2.45, 2.75) is 78.1 Å². The van der Waals surface area contributed by atoms with Crippen molar-refractivity contribution in [2.24, 2.45) is 5.41 Å². The number of ether oxygens (including phenoxy) is 5. The fourth-order valence-electron chi connectivity index (χ4n) is 9.24. The van der Waals surface area contributed by atoms with Crippen LogP contribution in [-0.4, -0.2) is 181 Å². The highest BCUT2D eigenvalue weighted by atomic mass is 35.5. The van der Waals surface area contributed by atoms with E-state index in [1.54, 1.807) is 29.0 Å². The van der Waals surface area contributed by atoms with Gasteiger partial charge in [-0.05, 0) is 60.2 Å². The smallest absolute Gasteiger partial charge is 0.247 e. The highest BCUT2D eigenvalue weighted by molar-refractivity contribution is 7.13. The fourth-order valence-corrected chi connectivity index (χ4v) is 10.2. The molecule has 82 heavy (non-hydrogen) atoms. The maximum Gasteiger partial charge on any atom is 0.247 e. The number of hydrogen-bond acceptors (Lipinski definition) is 17. The molecule has 0 radical (unpaired) electrons. The summed E-state index contributed by atoms with van der Waals surface area (Å²) in [5.41, 5.74) is 5.48. The summed E-state index contributed by atoms with van der Waals surface area (Å²) in [4.78, 5) is 85.4. The van der Waals surface area contributed by atoms with Crippen molar-refractivity contribution < 1.29 is 57.2 Å². The standard InChI is InChI=1S/C58H74ClFN10O11S/c1-6-50(72)66-47-32-43-46(62-36-63-55(43)65-41-12-13-45(60)44(59)30-41)33-49(47)81-21-7-16-68-17-19-69(20-18-68)52(74)15-23-78-25-27-80-29-28-79-26-24-77-22-14-51(73)67-54(58(3,4)5)57(76)70-35-42(71)31-48(70)56(75)61-34-39-8-10-40(11-9-39)53-38(2)64-37-82-53/h6,8-13,30,32-33,36-37,42,48,54,71H,1,7,14-29,31,34-35H2,2-5H3,(H,61,75)(H,66,72)(H,67,73)(H,62,63,65)/t42-,48+,54-/m1/s1. The van der Waals surface area contributed by atoms with E-state index in [1.165, 1.54) is 29.4 Å². The van der Waals surface area contributed by atoms with E-state index in [2.05, 4.69) is 47.7 Å². The third-order valence-corrected chi connectivity index (χ3v) is 15.0. The first kappa shape index (κ1) is 62.9. The van der Waals surface area contributed by atoms with E-state index in [1.807, 2.05) is 56.9 Å². The van der Waals surface area contributed by atoms with Gasteiger partial charge in [-0.3, -0.25) is 28.9 Å². The van der Waals surface area contributed by atoms with Crippen molar-refractivity contribution in [3.05, 3.63) is 101 Å². The molecular weight excluding hydrogens is 1100 g/mol. The average Bonchev–Trinajstić information content (AvgIpc) is 3.94. The highest BCUT2D eigenvalue weighted by Gasteiger charge is 2.44. The number of thiazole rings is 1. The molecule has 0 spiro atoms. The van der Waals surface area contributed by atoms with Gasteiger partial charge in [0.15, 0.2) is 0 Å². The van der Waals surface area contributed by atoms with Crippen LogP contribution in [0.2, 0.25) is 5.02 Å². The molecule has 5 N–H and O–H groups in total. The normalized spacial score (nSPS) is 16.0. The molecule has 4 heterocycles. The molecule has 5 aromatic rings. The van der Waals surface area contributed by atoms with Crippen LogP contribution in [0.4, 0.5) is 21.6 Å².